The highest BCUT2D eigenvalue weighted by molar-refractivity contribution is 7.99. The highest BCUT2D eigenvalue weighted by Gasteiger charge is 2.24. The van der Waals surface area contributed by atoms with E-state index >= 15 is 0 Å². The molecule has 0 saturated carbocycles. The van der Waals surface area contributed by atoms with Crippen LogP contribution in [0, 0.1) is 0 Å². The highest BCUT2D eigenvalue weighted by Crippen LogP contribution is 2.41. The van der Waals surface area contributed by atoms with Gasteiger partial charge in [-0.3, -0.25) is 9.36 Å². The fraction of sp³-hybridized carbons (Fsp3) is 0.429. The van der Waals surface area contributed by atoms with Crippen LogP contribution in [0.2, 0.25) is 0 Å². The number of hydrogen-bond donors (Lipinski definition) is 0. The molecular formula is C21H20N4OS3. The van der Waals surface area contributed by atoms with Gasteiger partial charge < -0.3 is 0 Å². The van der Waals surface area contributed by atoms with Gasteiger partial charge >= 0.3 is 0 Å². The Hall–Kier alpha value is -1.77. The second-order valence-corrected chi connectivity index (χ2v) is 10.9. The molecule has 8 heteroatoms. The molecule has 5 nitrogen and oxygen atoms in total. The molecule has 0 aliphatic heterocycles. The van der Waals surface area contributed by atoms with Crippen molar-refractivity contribution in [2.75, 3.05) is 0 Å². The third-order valence-corrected chi connectivity index (χ3v) is 9.50. The minimum Gasteiger partial charge on any atom is -0.290 e. The lowest BCUT2D eigenvalue weighted by atomic mass is 9.97. The molecular weight excluding hydrogens is 420 g/mol. The van der Waals surface area contributed by atoms with Crippen LogP contribution in [0.1, 0.15) is 46.6 Å². The van der Waals surface area contributed by atoms with Crippen LogP contribution < -0.4 is 5.56 Å². The third kappa shape index (κ3) is 2.79. The molecule has 0 radical (unpaired) electrons. The second-order valence-electron chi connectivity index (χ2n) is 7.82. The first-order chi connectivity index (χ1) is 14.2. The van der Waals surface area contributed by atoms with Crippen LogP contribution in [0.5, 0.6) is 0 Å². The van der Waals surface area contributed by atoms with Gasteiger partial charge in [-0.1, -0.05) is 0 Å². The number of hydrogen-bond acceptors (Lipinski definition) is 7. The average molecular weight is 441 g/mol. The molecule has 0 N–H and O–H groups in total. The van der Waals surface area contributed by atoms with E-state index in [2.05, 4.69) is 9.97 Å². The molecule has 4 aromatic heterocycles. The van der Waals surface area contributed by atoms with Crippen LogP contribution in [-0.4, -0.2) is 19.5 Å². The Morgan fingerprint density at radius 1 is 0.897 bits per heavy atom. The summed E-state index contributed by atoms with van der Waals surface area (Å²) in [4.78, 5) is 32.0. The monoisotopic (exact) mass is 440 g/mol. The fourth-order valence-electron chi connectivity index (χ4n) is 4.58. The standard InChI is InChI=1S/C21H20N4OS3/c1-25-20(26)16-12-7-3-5-9-14(12)28-19(16)24-21(25)29-18-15-11-6-2-4-8-13(11)27-17(15)22-10-23-18/h10H,2-9H2,1H3. The van der Waals surface area contributed by atoms with Crippen molar-refractivity contribution in [1.29, 1.82) is 0 Å². The molecule has 0 aromatic carbocycles. The van der Waals surface area contributed by atoms with Crippen molar-refractivity contribution in [2.45, 2.75) is 61.5 Å². The number of fused-ring (bicyclic) bond motifs is 6. The van der Waals surface area contributed by atoms with E-state index in [9.17, 15) is 4.79 Å². The fourth-order valence-corrected chi connectivity index (χ4v) is 8.14. The number of aryl methyl sites for hydroxylation is 4. The van der Waals surface area contributed by atoms with Gasteiger partial charge in [0.15, 0.2) is 5.16 Å². The summed E-state index contributed by atoms with van der Waals surface area (Å²) in [6.07, 6.45) is 10.8. The van der Waals surface area contributed by atoms with Gasteiger partial charge in [0.1, 0.15) is 21.0 Å². The van der Waals surface area contributed by atoms with Gasteiger partial charge in [0, 0.05) is 22.2 Å². The Kier molecular flexibility index (Phi) is 4.28. The Bertz CT molecular complexity index is 1330. The molecule has 0 bridgehead atoms. The first-order valence-corrected chi connectivity index (χ1v) is 12.6. The Balaban J connectivity index is 1.51. The lowest BCUT2D eigenvalue weighted by molar-refractivity contribution is 0.695. The maximum Gasteiger partial charge on any atom is 0.262 e. The predicted molar refractivity (Wildman–Crippen MR) is 120 cm³/mol. The summed E-state index contributed by atoms with van der Waals surface area (Å²) in [6.45, 7) is 0. The van der Waals surface area contributed by atoms with E-state index in [0.717, 1.165) is 50.9 Å². The van der Waals surface area contributed by atoms with Crippen molar-refractivity contribution in [1.82, 2.24) is 19.5 Å². The largest absolute Gasteiger partial charge is 0.290 e. The Morgan fingerprint density at radius 3 is 2.31 bits per heavy atom. The minimum absolute atomic E-state index is 0.0783. The summed E-state index contributed by atoms with van der Waals surface area (Å²) in [5, 5.41) is 3.67. The van der Waals surface area contributed by atoms with E-state index in [1.54, 1.807) is 33.6 Å². The molecule has 6 rings (SSSR count). The number of rotatable bonds is 2. The van der Waals surface area contributed by atoms with E-state index in [0.29, 0.717) is 0 Å². The molecule has 148 valence electrons. The normalized spacial score (nSPS) is 16.3. The zero-order valence-corrected chi connectivity index (χ0v) is 18.6. The average Bonchev–Trinajstić information content (AvgIpc) is 3.30. The van der Waals surface area contributed by atoms with Crippen molar-refractivity contribution in [3.8, 4) is 0 Å². The summed E-state index contributed by atoms with van der Waals surface area (Å²) < 4.78 is 1.71. The molecule has 2 aliphatic carbocycles. The first kappa shape index (κ1) is 18.0. The molecule has 0 unspecified atom stereocenters. The molecule has 0 saturated heterocycles. The quantitative estimate of drug-likeness (QED) is 0.327. The molecule has 0 spiro atoms. The summed E-state index contributed by atoms with van der Waals surface area (Å²) in [6, 6.07) is 0. The van der Waals surface area contributed by atoms with Crippen molar-refractivity contribution < 1.29 is 0 Å². The highest BCUT2D eigenvalue weighted by atomic mass is 32.2. The van der Waals surface area contributed by atoms with Gasteiger partial charge in [0.05, 0.1) is 5.39 Å². The van der Waals surface area contributed by atoms with Crippen LogP contribution in [0.4, 0.5) is 0 Å². The van der Waals surface area contributed by atoms with Crippen molar-refractivity contribution in [2.24, 2.45) is 7.05 Å². The SMILES string of the molecule is Cn1c(Sc2ncnc3sc4c(c23)CCCC4)nc2sc3c(c2c1=O)CCCC3. The van der Waals surface area contributed by atoms with Gasteiger partial charge in [-0.2, -0.15) is 0 Å². The molecule has 29 heavy (non-hydrogen) atoms. The minimum atomic E-state index is 0.0783. The van der Waals surface area contributed by atoms with Crippen molar-refractivity contribution >= 4 is 54.9 Å². The van der Waals surface area contributed by atoms with E-state index < -0.39 is 0 Å². The van der Waals surface area contributed by atoms with Gasteiger partial charge in [0.25, 0.3) is 5.56 Å². The number of nitrogens with zero attached hydrogens (tertiary/aromatic N) is 4. The van der Waals surface area contributed by atoms with Gasteiger partial charge in [0.2, 0.25) is 0 Å². The van der Waals surface area contributed by atoms with E-state index in [-0.39, 0.29) is 5.56 Å². The third-order valence-electron chi connectivity index (χ3n) is 6.06. The van der Waals surface area contributed by atoms with Crippen molar-refractivity contribution in [3.05, 3.63) is 37.6 Å². The van der Waals surface area contributed by atoms with E-state index in [1.807, 2.05) is 7.05 Å². The van der Waals surface area contributed by atoms with Crippen LogP contribution >= 0.6 is 34.4 Å². The molecule has 0 amide bonds. The maximum absolute atomic E-state index is 13.2. The van der Waals surface area contributed by atoms with Gasteiger partial charge in [-0.05, 0) is 74.3 Å². The predicted octanol–water partition coefficient (Wildman–Crippen LogP) is 4.91. The number of thiophene rings is 2. The van der Waals surface area contributed by atoms with Crippen LogP contribution in [0.3, 0.4) is 0 Å². The lowest BCUT2D eigenvalue weighted by Crippen LogP contribution is -2.20. The number of aromatic nitrogens is 4. The first-order valence-electron chi connectivity index (χ1n) is 10.1. The van der Waals surface area contributed by atoms with Gasteiger partial charge in [-0.15, -0.1) is 22.7 Å². The van der Waals surface area contributed by atoms with Crippen LogP contribution in [0.25, 0.3) is 20.4 Å². The molecule has 0 atom stereocenters. The molecule has 2 aliphatic rings. The van der Waals surface area contributed by atoms with Gasteiger partial charge in [-0.25, -0.2) is 15.0 Å². The Labute approximate surface area is 180 Å². The van der Waals surface area contributed by atoms with Crippen molar-refractivity contribution in [3.63, 3.8) is 0 Å². The second kappa shape index (κ2) is 6.89. The molecule has 4 heterocycles. The lowest BCUT2D eigenvalue weighted by Gasteiger charge is -2.12. The zero-order valence-electron chi connectivity index (χ0n) is 16.2. The Morgan fingerprint density at radius 2 is 1.55 bits per heavy atom. The van der Waals surface area contributed by atoms with E-state index in [1.165, 1.54) is 63.7 Å². The summed E-state index contributed by atoms with van der Waals surface area (Å²) >= 11 is 5.02. The zero-order chi connectivity index (χ0) is 19.5. The summed E-state index contributed by atoms with van der Waals surface area (Å²) in [5.41, 5.74) is 2.74. The summed E-state index contributed by atoms with van der Waals surface area (Å²) in [7, 11) is 1.84. The molecule has 0 fully saturated rings. The summed E-state index contributed by atoms with van der Waals surface area (Å²) in [5.74, 6) is 0. The van der Waals surface area contributed by atoms with E-state index in [4.69, 9.17) is 4.98 Å². The maximum atomic E-state index is 13.2. The smallest absolute Gasteiger partial charge is 0.262 e. The van der Waals surface area contributed by atoms with Crippen LogP contribution in [-0.2, 0) is 32.7 Å². The van der Waals surface area contributed by atoms with Crippen LogP contribution in [0.15, 0.2) is 21.3 Å². The molecule has 4 aromatic rings. The topological polar surface area (TPSA) is 60.7 Å².